The van der Waals surface area contributed by atoms with Crippen molar-refractivity contribution in [3.63, 3.8) is 0 Å². The highest BCUT2D eigenvalue weighted by Crippen LogP contribution is 2.24. The average molecular weight is 284 g/mol. The number of nitrogens with zero attached hydrogens (tertiary/aromatic N) is 2. The van der Waals surface area contributed by atoms with Gasteiger partial charge >= 0.3 is 0 Å². The first kappa shape index (κ1) is 13.7. The number of hydrogen-bond donors (Lipinski definition) is 1. The van der Waals surface area contributed by atoms with Crippen molar-refractivity contribution >= 4 is 17.3 Å². The molecule has 0 unspecified atom stereocenters. The minimum atomic E-state index is -0.387. The van der Waals surface area contributed by atoms with E-state index >= 15 is 0 Å². The Morgan fingerprint density at radius 2 is 2.21 bits per heavy atom. The fourth-order valence-electron chi connectivity index (χ4n) is 1.83. The molecule has 0 saturated heterocycles. The van der Waals surface area contributed by atoms with Gasteiger partial charge in [-0.05, 0) is 19.1 Å². The molecule has 6 heteroatoms. The summed E-state index contributed by atoms with van der Waals surface area (Å²) in [5, 5.41) is 8.04. The number of benzene rings is 1. The van der Waals surface area contributed by atoms with Crippen LogP contribution in [-0.4, -0.2) is 16.9 Å². The van der Waals surface area contributed by atoms with Crippen LogP contribution in [-0.2, 0) is 13.6 Å². The Labute approximate surface area is 116 Å². The van der Waals surface area contributed by atoms with Gasteiger partial charge in [-0.25, -0.2) is 4.39 Å². The first-order chi connectivity index (χ1) is 9.02. The van der Waals surface area contributed by atoms with Crippen LogP contribution in [0.1, 0.15) is 11.4 Å². The Balaban J connectivity index is 2.14. The Kier molecular flexibility index (Phi) is 3.95. The van der Waals surface area contributed by atoms with Gasteiger partial charge in [0.2, 0.25) is 0 Å². The van der Waals surface area contributed by atoms with Crippen molar-refractivity contribution in [1.29, 1.82) is 0 Å². The third-order valence-corrected chi connectivity index (χ3v) is 3.36. The molecule has 0 aliphatic rings. The summed E-state index contributed by atoms with van der Waals surface area (Å²) in [5.74, 6) is -0.181. The molecule has 2 rings (SSSR count). The van der Waals surface area contributed by atoms with Gasteiger partial charge in [-0.1, -0.05) is 11.6 Å². The van der Waals surface area contributed by atoms with Crippen LogP contribution in [0.3, 0.4) is 0 Å². The maximum Gasteiger partial charge on any atom is 0.165 e. The number of ether oxygens (including phenoxy) is 1. The number of aromatic nitrogens is 2. The predicted molar refractivity (Wildman–Crippen MR) is 73.2 cm³/mol. The van der Waals surface area contributed by atoms with Gasteiger partial charge in [0.25, 0.3) is 0 Å². The van der Waals surface area contributed by atoms with E-state index in [1.54, 1.807) is 16.8 Å². The summed E-state index contributed by atoms with van der Waals surface area (Å²) in [5.41, 5.74) is 2.42. The van der Waals surface area contributed by atoms with Crippen molar-refractivity contribution in [2.45, 2.75) is 13.5 Å². The van der Waals surface area contributed by atoms with Crippen LogP contribution < -0.4 is 10.1 Å². The number of rotatable bonds is 4. The highest BCUT2D eigenvalue weighted by molar-refractivity contribution is 6.31. The van der Waals surface area contributed by atoms with E-state index < -0.39 is 0 Å². The molecule has 1 N–H and O–H groups in total. The van der Waals surface area contributed by atoms with Crippen molar-refractivity contribution in [3.05, 3.63) is 40.4 Å². The van der Waals surface area contributed by atoms with Crippen LogP contribution >= 0.6 is 11.6 Å². The van der Waals surface area contributed by atoms with Crippen LogP contribution in [0.4, 0.5) is 10.1 Å². The molecule has 1 aromatic carbocycles. The highest BCUT2D eigenvalue weighted by atomic mass is 35.5. The zero-order chi connectivity index (χ0) is 14.0. The van der Waals surface area contributed by atoms with E-state index in [1.165, 1.54) is 13.2 Å². The van der Waals surface area contributed by atoms with Crippen molar-refractivity contribution < 1.29 is 9.13 Å². The number of aryl methyl sites for hydroxylation is 2. The molecule has 19 heavy (non-hydrogen) atoms. The van der Waals surface area contributed by atoms with Crippen LogP contribution in [0.25, 0.3) is 0 Å². The summed E-state index contributed by atoms with van der Waals surface area (Å²) in [6.45, 7) is 2.36. The first-order valence-electron chi connectivity index (χ1n) is 5.78. The molecule has 0 bridgehead atoms. The molecular weight excluding hydrogens is 269 g/mol. The molecule has 0 fully saturated rings. The lowest BCUT2D eigenvalue weighted by atomic mass is 10.2. The zero-order valence-electron chi connectivity index (χ0n) is 11.0. The van der Waals surface area contributed by atoms with Crippen LogP contribution in [0.15, 0.2) is 18.2 Å². The van der Waals surface area contributed by atoms with E-state index in [2.05, 4.69) is 10.4 Å². The number of anilines is 1. The van der Waals surface area contributed by atoms with Crippen molar-refractivity contribution in [2.75, 3.05) is 12.4 Å². The Bertz CT molecular complexity index is 598. The maximum atomic E-state index is 13.3. The standard InChI is InChI=1S/C13H15ClFN3O/c1-8-13(14)11(18(2)17-8)7-16-9-4-5-10(15)12(6-9)19-3/h4-6,16H,7H2,1-3H3. The van der Waals surface area contributed by atoms with Crippen molar-refractivity contribution in [1.82, 2.24) is 9.78 Å². The number of nitrogens with one attached hydrogen (secondary N) is 1. The monoisotopic (exact) mass is 283 g/mol. The van der Waals surface area contributed by atoms with E-state index in [9.17, 15) is 4.39 Å². The molecule has 102 valence electrons. The van der Waals surface area contributed by atoms with Crippen LogP contribution in [0.5, 0.6) is 5.75 Å². The Morgan fingerprint density at radius 1 is 1.47 bits per heavy atom. The number of halogens is 2. The van der Waals surface area contributed by atoms with Crippen LogP contribution in [0.2, 0.25) is 5.02 Å². The van der Waals surface area contributed by atoms with Gasteiger partial charge < -0.3 is 10.1 Å². The fraction of sp³-hybridized carbons (Fsp3) is 0.308. The minimum Gasteiger partial charge on any atom is -0.494 e. The second kappa shape index (κ2) is 5.48. The lowest BCUT2D eigenvalue weighted by Gasteiger charge is -2.09. The molecule has 2 aromatic rings. The number of hydrogen-bond acceptors (Lipinski definition) is 3. The van der Waals surface area contributed by atoms with Crippen molar-refractivity contribution in [3.8, 4) is 5.75 Å². The molecule has 0 saturated carbocycles. The van der Waals surface area contributed by atoms with Gasteiger partial charge in [-0.3, -0.25) is 4.68 Å². The third kappa shape index (κ3) is 2.81. The Hall–Kier alpha value is -1.75. The molecule has 0 aliphatic carbocycles. The Morgan fingerprint density at radius 3 is 2.79 bits per heavy atom. The molecule has 0 spiro atoms. The van der Waals surface area contributed by atoms with Gasteiger partial charge in [0.1, 0.15) is 0 Å². The number of methoxy groups -OCH3 is 1. The molecule has 0 radical (unpaired) electrons. The van der Waals surface area contributed by atoms with Gasteiger partial charge in [0.05, 0.1) is 30.1 Å². The first-order valence-corrected chi connectivity index (χ1v) is 6.16. The summed E-state index contributed by atoms with van der Waals surface area (Å²) in [6.07, 6.45) is 0. The molecule has 0 atom stereocenters. The van der Waals surface area contributed by atoms with Gasteiger partial charge in [0, 0.05) is 18.8 Å². The summed E-state index contributed by atoms with van der Waals surface area (Å²) < 4.78 is 19.9. The van der Waals surface area contributed by atoms with Gasteiger partial charge in [0.15, 0.2) is 11.6 Å². The minimum absolute atomic E-state index is 0.206. The summed E-state index contributed by atoms with van der Waals surface area (Å²) in [4.78, 5) is 0. The topological polar surface area (TPSA) is 39.1 Å². The van der Waals surface area contributed by atoms with E-state index in [0.29, 0.717) is 11.6 Å². The van der Waals surface area contributed by atoms with Gasteiger partial charge in [-0.15, -0.1) is 0 Å². The summed E-state index contributed by atoms with van der Waals surface area (Å²) >= 11 is 6.16. The zero-order valence-corrected chi connectivity index (χ0v) is 11.8. The smallest absolute Gasteiger partial charge is 0.165 e. The average Bonchev–Trinajstić information content (AvgIpc) is 2.63. The third-order valence-electron chi connectivity index (χ3n) is 2.87. The molecule has 1 aromatic heterocycles. The van der Waals surface area contributed by atoms with Gasteiger partial charge in [-0.2, -0.15) is 5.10 Å². The second-order valence-electron chi connectivity index (χ2n) is 4.17. The second-order valence-corrected chi connectivity index (χ2v) is 4.55. The quantitative estimate of drug-likeness (QED) is 0.937. The van der Waals surface area contributed by atoms with E-state index in [4.69, 9.17) is 16.3 Å². The van der Waals surface area contributed by atoms with Crippen LogP contribution in [0, 0.1) is 12.7 Å². The normalized spacial score (nSPS) is 10.6. The molecule has 1 heterocycles. The largest absolute Gasteiger partial charge is 0.494 e. The molecular formula is C13H15ClFN3O. The lowest BCUT2D eigenvalue weighted by Crippen LogP contribution is -2.06. The molecule has 4 nitrogen and oxygen atoms in total. The van der Waals surface area contributed by atoms with Crippen molar-refractivity contribution in [2.24, 2.45) is 7.05 Å². The molecule has 0 amide bonds. The van der Waals surface area contributed by atoms with E-state index in [1.807, 2.05) is 14.0 Å². The highest BCUT2D eigenvalue weighted by Gasteiger charge is 2.11. The summed E-state index contributed by atoms with van der Waals surface area (Å²) in [7, 11) is 3.27. The molecule has 0 aliphatic heterocycles. The van der Waals surface area contributed by atoms with E-state index in [0.717, 1.165) is 17.1 Å². The maximum absolute atomic E-state index is 13.3. The summed E-state index contributed by atoms with van der Waals surface area (Å²) in [6, 6.07) is 4.61. The van der Waals surface area contributed by atoms with E-state index in [-0.39, 0.29) is 11.6 Å². The fourth-order valence-corrected chi connectivity index (χ4v) is 2.05. The SMILES string of the molecule is COc1cc(NCc2c(Cl)c(C)nn2C)ccc1F. The lowest BCUT2D eigenvalue weighted by molar-refractivity contribution is 0.387. The predicted octanol–water partition coefficient (Wildman–Crippen LogP) is 3.14.